The second-order valence-corrected chi connectivity index (χ2v) is 4.82. The molecule has 1 fully saturated rings. The third-order valence-corrected chi connectivity index (χ3v) is 3.58. The van der Waals surface area contributed by atoms with Crippen molar-refractivity contribution in [1.29, 1.82) is 0 Å². The van der Waals surface area contributed by atoms with Crippen LogP contribution in [-0.4, -0.2) is 18.3 Å². The van der Waals surface area contributed by atoms with Crippen molar-refractivity contribution in [2.45, 2.75) is 32.3 Å². The van der Waals surface area contributed by atoms with Crippen LogP contribution in [-0.2, 0) is 6.42 Å². The Kier molecular flexibility index (Phi) is 3.49. The van der Waals surface area contributed by atoms with Crippen LogP contribution in [0.2, 0.25) is 0 Å². The molecule has 0 aliphatic heterocycles. The standard InChI is InChI=1S/C14H20O2/c1-10(12-5-6-12)14(15)9-11-3-7-13(16-2)8-4-11/h3-4,7-8,10,12,14-15H,5-6,9H2,1-2H3. The highest BCUT2D eigenvalue weighted by Crippen LogP contribution is 2.38. The van der Waals surface area contributed by atoms with Gasteiger partial charge in [0, 0.05) is 0 Å². The largest absolute Gasteiger partial charge is 0.497 e. The lowest BCUT2D eigenvalue weighted by Gasteiger charge is -2.18. The summed E-state index contributed by atoms with van der Waals surface area (Å²) in [6.07, 6.45) is 3.13. The highest BCUT2D eigenvalue weighted by atomic mass is 16.5. The molecule has 2 rings (SSSR count). The number of benzene rings is 1. The predicted molar refractivity (Wildman–Crippen MR) is 64.6 cm³/mol. The zero-order chi connectivity index (χ0) is 11.5. The monoisotopic (exact) mass is 220 g/mol. The minimum atomic E-state index is -0.208. The average molecular weight is 220 g/mol. The van der Waals surface area contributed by atoms with Gasteiger partial charge in [-0.1, -0.05) is 19.1 Å². The van der Waals surface area contributed by atoms with Gasteiger partial charge in [-0.15, -0.1) is 0 Å². The summed E-state index contributed by atoms with van der Waals surface area (Å²) in [6.45, 7) is 2.16. The normalized spacial score (nSPS) is 19.2. The predicted octanol–water partition coefficient (Wildman–Crippen LogP) is 2.64. The van der Waals surface area contributed by atoms with E-state index in [1.807, 2.05) is 24.3 Å². The van der Waals surface area contributed by atoms with Crippen LogP contribution >= 0.6 is 0 Å². The van der Waals surface area contributed by atoms with Crippen LogP contribution in [0.3, 0.4) is 0 Å². The van der Waals surface area contributed by atoms with Crippen molar-refractivity contribution in [3.05, 3.63) is 29.8 Å². The van der Waals surface area contributed by atoms with Crippen molar-refractivity contribution >= 4 is 0 Å². The molecule has 1 N–H and O–H groups in total. The van der Waals surface area contributed by atoms with E-state index in [0.717, 1.165) is 18.1 Å². The first-order chi connectivity index (χ1) is 7.70. The fourth-order valence-electron chi connectivity index (χ4n) is 2.13. The fraction of sp³-hybridized carbons (Fsp3) is 0.571. The van der Waals surface area contributed by atoms with Gasteiger partial charge in [0.25, 0.3) is 0 Å². The molecular formula is C14H20O2. The SMILES string of the molecule is COc1ccc(CC(O)C(C)C2CC2)cc1. The van der Waals surface area contributed by atoms with Gasteiger partial charge in [0.15, 0.2) is 0 Å². The van der Waals surface area contributed by atoms with E-state index in [1.165, 1.54) is 18.4 Å². The van der Waals surface area contributed by atoms with Gasteiger partial charge in [0.1, 0.15) is 5.75 Å². The van der Waals surface area contributed by atoms with E-state index < -0.39 is 0 Å². The zero-order valence-corrected chi connectivity index (χ0v) is 10.0. The van der Waals surface area contributed by atoms with Crippen LogP contribution < -0.4 is 4.74 Å². The van der Waals surface area contributed by atoms with Crippen molar-refractivity contribution in [1.82, 2.24) is 0 Å². The first-order valence-electron chi connectivity index (χ1n) is 6.01. The van der Waals surface area contributed by atoms with Crippen LogP contribution in [0.4, 0.5) is 0 Å². The quantitative estimate of drug-likeness (QED) is 0.826. The Morgan fingerprint density at radius 2 is 1.94 bits per heavy atom. The van der Waals surface area contributed by atoms with E-state index in [2.05, 4.69) is 6.92 Å². The Morgan fingerprint density at radius 1 is 1.31 bits per heavy atom. The number of aliphatic hydroxyl groups is 1. The lowest BCUT2D eigenvalue weighted by molar-refractivity contribution is 0.105. The Morgan fingerprint density at radius 3 is 2.44 bits per heavy atom. The van der Waals surface area contributed by atoms with Crippen molar-refractivity contribution in [2.24, 2.45) is 11.8 Å². The Labute approximate surface area is 97.3 Å². The van der Waals surface area contributed by atoms with Crippen molar-refractivity contribution in [3.8, 4) is 5.75 Å². The van der Waals surface area contributed by atoms with E-state index in [-0.39, 0.29) is 6.10 Å². The summed E-state index contributed by atoms with van der Waals surface area (Å²) in [6, 6.07) is 7.96. The highest BCUT2D eigenvalue weighted by Gasteiger charge is 2.32. The summed E-state index contributed by atoms with van der Waals surface area (Å²) in [5.41, 5.74) is 1.18. The Hall–Kier alpha value is -1.02. The molecule has 2 atom stereocenters. The molecule has 0 radical (unpaired) electrons. The highest BCUT2D eigenvalue weighted by molar-refractivity contribution is 5.27. The number of ether oxygens (including phenoxy) is 1. The smallest absolute Gasteiger partial charge is 0.118 e. The maximum Gasteiger partial charge on any atom is 0.118 e. The fourth-order valence-corrected chi connectivity index (χ4v) is 2.13. The van der Waals surface area contributed by atoms with Crippen LogP contribution in [0.5, 0.6) is 5.75 Å². The third-order valence-electron chi connectivity index (χ3n) is 3.58. The summed E-state index contributed by atoms with van der Waals surface area (Å²) >= 11 is 0. The third kappa shape index (κ3) is 2.76. The van der Waals surface area contributed by atoms with Crippen LogP contribution in [0.1, 0.15) is 25.3 Å². The van der Waals surface area contributed by atoms with E-state index in [1.54, 1.807) is 7.11 Å². The van der Waals surface area contributed by atoms with Gasteiger partial charge in [-0.3, -0.25) is 0 Å². The second kappa shape index (κ2) is 4.88. The molecule has 1 saturated carbocycles. The average Bonchev–Trinajstić information content (AvgIpc) is 3.13. The summed E-state index contributed by atoms with van der Waals surface area (Å²) in [7, 11) is 1.67. The molecular weight excluding hydrogens is 200 g/mol. The van der Waals surface area contributed by atoms with Crippen LogP contribution in [0, 0.1) is 11.8 Å². The molecule has 0 saturated heterocycles. The lowest BCUT2D eigenvalue weighted by Crippen LogP contribution is -2.21. The minimum absolute atomic E-state index is 0.208. The summed E-state index contributed by atoms with van der Waals surface area (Å²) in [5.74, 6) is 2.06. The second-order valence-electron chi connectivity index (χ2n) is 4.82. The first kappa shape index (κ1) is 11.5. The van der Waals surface area contributed by atoms with Crippen molar-refractivity contribution in [2.75, 3.05) is 7.11 Å². The van der Waals surface area contributed by atoms with Gasteiger partial charge < -0.3 is 9.84 Å². The van der Waals surface area contributed by atoms with Gasteiger partial charge in [-0.25, -0.2) is 0 Å². The first-order valence-corrected chi connectivity index (χ1v) is 6.01. The number of rotatable bonds is 5. The Balaban J connectivity index is 1.91. The van der Waals surface area contributed by atoms with Crippen LogP contribution in [0.15, 0.2) is 24.3 Å². The van der Waals surface area contributed by atoms with Crippen LogP contribution in [0.25, 0.3) is 0 Å². The number of aliphatic hydroxyl groups excluding tert-OH is 1. The molecule has 0 bridgehead atoms. The van der Waals surface area contributed by atoms with Gasteiger partial charge >= 0.3 is 0 Å². The molecule has 0 amide bonds. The maximum atomic E-state index is 10.1. The molecule has 2 nitrogen and oxygen atoms in total. The topological polar surface area (TPSA) is 29.5 Å². The van der Waals surface area contributed by atoms with E-state index in [4.69, 9.17) is 4.74 Å². The van der Waals surface area contributed by atoms with E-state index in [9.17, 15) is 5.11 Å². The molecule has 2 unspecified atom stereocenters. The molecule has 0 spiro atoms. The summed E-state index contributed by atoms with van der Waals surface area (Å²) in [4.78, 5) is 0. The molecule has 1 aliphatic rings. The van der Waals surface area contributed by atoms with E-state index in [0.29, 0.717) is 5.92 Å². The molecule has 1 aromatic carbocycles. The van der Waals surface area contributed by atoms with Crippen molar-refractivity contribution in [3.63, 3.8) is 0 Å². The van der Waals surface area contributed by atoms with Gasteiger partial charge in [0.2, 0.25) is 0 Å². The number of hydrogen-bond acceptors (Lipinski definition) is 2. The summed E-state index contributed by atoms with van der Waals surface area (Å²) < 4.78 is 5.11. The Bertz CT molecular complexity index is 327. The van der Waals surface area contributed by atoms with Gasteiger partial charge in [-0.2, -0.15) is 0 Å². The van der Waals surface area contributed by atoms with E-state index >= 15 is 0 Å². The van der Waals surface area contributed by atoms with Crippen molar-refractivity contribution < 1.29 is 9.84 Å². The zero-order valence-electron chi connectivity index (χ0n) is 10.0. The molecule has 1 aromatic rings. The molecule has 88 valence electrons. The summed E-state index contributed by atoms with van der Waals surface area (Å²) in [5, 5.41) is 10.1. The van der Waals surface area contributed by atoms with Gasteiger partial charge in [0.05, 0.1) is 13.2 Å². The molecule has 2 heteroatoms. The number of hydrogen-bond donors (Lipinski definition) is 1. The maximum absolute atomic E-state index is 10.1. The lowest BCUT2D eigenvalue weighted by atomic mass is 9.94. The van der Waals surface area contributed by atoms with Gasteiger partial charge in [-0.05, 0) is 48.8 Å². The molecule has 0 aromatic heterocycles. The minimum Gasteiger partial charge on any atom is -0.497 e. The molecule has 1 aliphatic carbocycles. The number of methoxy groups -OCH3 is 1. The molecule has 16 heavy (non-hydrogen) atoms. The molecule has 0 heterocycles.